The SMILES string of the molecule is C[SiH](C)O.C[SiH](C)O.O=C(O)O. The second-order valence-electron chi connectivity index (χ2n) is 2.47. The van der Waals surface area contributed by atoms with Crippen LogP contribution in [0, 0.1) is 0 Å². The quantitative estimate of drug-likeness (QED) is 0.430. The van der Waals surface area contributed by atoms with Gasteiger partial charge in [0.2, 0.25) is 0 Å². The van der Waals surface area contributed by atoms with Crippen LogP contribution in [-0.4, -0.2) is 44.0 Å². The minimum Gasteiger partial charge on any atom is -0.450 e. The van der Waals surface area contributed by atoms with E-state index in [9.17, 15) is 0 Å². The average molecular weight is 214 g/mol. The van der Waals surface area contributed by atoms with E-state index in [-0.39, 0.29) is 0 Å². The highest BCUT2D eigenvalue weighted by Gasteiger charge is 1.75. The van der Waals surface area contributed by atoms with Crippen molar-refractivity contribution < 1.29 is 24.6 Å². The Morgan fingerprint density at radius 1 is 0.917 bits per heavy atom. The lowest BCUT2D eigenvalue weighted by atomic mass is 11.5. The van der Waals surface area contributed by atoms with Gasteiger partial charge in [0.15, 0.2) is 18.1 Å². The van der Waals surface area contributed by atoms with Gasteiger partial charge < -0.3 is 19.8 Å². The smallest absolute Gasteiger partial charge is 0.450 e. The Kier molecular flexibility index (Phi) is 19.4. The minimum atomic E-state index is -1.83. The lowest BCUT2D eigenvalue weighted by Crippen LogP contribution is -1.93. The fraction of sp³-hybridized carbons (Fsp3) is 0.800. The molecule has 0 fully saturated rings. The normalized spacial score (nSPS) is 8.00. The number of hydrogen-bond donors (Lipinski definition) is 4. The second kappa shape index (κ2) is 13.2. The van der Waals surface area contributed by atoms with Crippen LogP contribution in [0.2, 0.25) is 26.2 Å². The van der Waals surface area contributed by atoms with E-state index in [2.05, 4.69) is 0 Å². The molecule has 0 saturated heterocycles. The Balaban J connectivity index is -0.000000101. The molecule has 0 atom stereocenters. The van der Waals surface area contributed by atoms with Crippen molar-refractivity contribution in [1.29, 1.82) is 0 Å². The fourth-order valence-corrected chi connectivity index (χ4v) is 0. The maximum absolute atomic E-state index is 8.56. The van der Waals surface area contributed by atoms with E-state index in [4.69, 9.17) is 24.6 Å². The summed E-state index contributed by atoms with van der Waals surface area (Å²) in [6.45, 7) is 7.44. The van der Waals surface area contributed by atoms with Gasteiger partial charge >= 0.3 is 6.16 Å². The first kappa shape index (κ1) is 17.6. The van der Waals surface area contributed by atoms with Crippen LogP contribution < -0.4 is 0 Å². The first-order valence-electron chi connectivity index (χ1n) is 3.48. The van der Waals surface area contributed by atoms with Gasteiger partial charge in [-0.2, -0.15) is 0 Å². The van der Waals surface area contributed by atoms with Gasteiger partial charge in [-0.3, -0.25) is 0 Å². The molecule has 0 amide bonds. The van der Waals surface area contributed by atoms with E-state index >= 15 is 0 Å². The molecule has 0 aliphatic carbocycles. The van der Waals surface area contributed by atoms with Crippen LogP contribution in [0.15, 0.2) is 0 Å². The summed E-state index contributed by atoms with van der Waals surface area (Å²) < 4.78 is 0. The highest BCUT2D eigenvalue weighted by molar-refractivity contribution is 6.46. The van der Waals surface area contributed by atoms with E-state index in [1.54, 1.807) is 0 Å². The summed E-state index contributed by atoms with van der Waals surface area (Å²) in [5, 5.41) is 13.9. The maximum Gasteiger partial charge on any atom is 0.503 e. The Morgan fingerprint density at radius 2 is 0.917 bits per heavy atom. The van der Waals surface area contributed by atoms with E-state index in [1.165, 1.54) is 0 Å². The molecule has 0 aromatic carbocycles. The Labute approximate surface area is 75.8 Å². The largest absolute Gasteiger partial charge is 0.503 e. The minimum absolute atomic E-state index is 1.14. The summed E-state index contributed by atoms with van der Waals surface area (Å²) in [5.41, 5.74) is 0. The standard InChI is InChI=1S/2C2H8OSi.CH2O3/c2*1-4(2)3;2-1(3)4/h2*3-4H,1-2H3;(H2,2,3,4). The van der Waals surface area contributed by atoms with Crippen molar-refractivity contribution in [2.75, 3.05) is 0 Å². The molecule has 5 nitrogen and oxygen atoms in total. The number of rotatable bonds is 0. The van der Waals surface area contributed by atoms with Gasteiger partial charge in [0, 0.05) is 0 Å². The van der Waals surface area contributed by atoms with Gasteiger partial charge in [0.1, 0.15) is 0 Å². The summed E-state index contributed by atoms with van der Waals surface area (Å²) in [5.74, 6) is 0. The fourth-order valence-electron chi connectivity index (χ4n) is 0. The van der Waals surface area contributed by atoms with Crippen molar-refractivity contribution in [1.82, 2.24) is 0 Å². The van der Waals surface area contributed by atoms with Gasteiger partial charge in [-0.05, 0) is 26.2 Å². The van der Waals surface area contributed by atoms with Crippen LogP contribution in [0.4, 0.5) is 4.79 Å². The zero-order valence-electron chi connectivity index (χ0n) is 7.85. The molecule has 12 heavy (non-hydrogen) atoms. The van der Waals surface area contributed by atoms with Crippen molar-refractivity contribution in [3.05, 3.63) is 0 Å². The lowest BCUT2D eigenvalue weighted by molar-refractivity contribution is 0.137. The topological polar surface area (TPSA) is 98.0 Å². The van der Waals surface area contributed by atoms with Crippen LogP contribution in [-0.2, 0) is 0 Å². The molecule has 0 aromatic rings. The van der Waals surface area contributed by atoms with Gasteiger partial charge in [0.25, 0.3) is 0 Å². The molecule has 0 aliphatic rings. The highest BCUT2D eigenvalue weighted by atomic mass is 28.3. The third kappa shape index (κ3) is 5060. The van der Waals surface area contributed by atoms with Crippen LogP contribution >= 0.6 is 0 Å². The van der Waals surface area contributed by atoms with E-state index < -0.39 is 24.2 Å². The van der Waals surface area contributed by atoms with Gasteiger partial charge in [-0.25, -0.2) is 4.79 Å². The number of hydrogen-bond acceptors (Lipinski definition) is 3. The van der Waals surface area contributed by atoms with Crippen LogP contribution in [0.25, 0.3) is 0 Å². The predicted molar refractivity (Wildman–Crippen MR) is 52.8 cm³/mol. The summed E-state index contributed by atoms with van der Waals surface area (Å²) >= 11 is 0. The summed E-state index contributed by atoms with van der Waals surface area (Å²) in [4.78, 5) is 24.9. The zero-order valence-corrected chi connectivity index (χ0v) is 10.2. The Morgan fingerprint density at radius 3 is 0.917 bits per heavy atom. The van der Waals surface area contributed by atoms with Crippen molar-refractivity contribution >= 4 is 24.2 Å². The lowest BCUT2D eigenvalue weighted by Gasteiger charge is -1.76. The van der Waals surface area contributed by atoms with Crippen molar-refractivity contribution in [3.63, 3.8) is 0 Å². The highest BCUT2D eigenvalue weighted by Crippen LogP contribution is 1.60. The molecule has 0 heterocycles. The molecule has 0 saturated carbocycles. The molecular weight excluding hydrogens is 196 g/mol. The summed E-state index contributed by atoms with van der Waals surface area (Å²) in [7, 11) is -2.28. The predicted octanol–water partition coefficient (Wildman–Crippen LogP) is 0.147. The van der Waals surface area contributed by atoms with Gasteiger partial charge in [-0.15, -0.1) is 0 Å². The van der Waals surface area contributed by atoms with Crippen LogP contribution in [0.5, 0.6) is 0 Å². The monoisotopic (exact) mass is 214 g/mol. The van der Waals surface area contributed by atoms with Crippen LogP contribution in [0.1, 0.15) is 0 Å². The molecule has 76 valence electrons. The second-order valence-corrected chi connectivity index (χ2v) is 6.85. The molecule has 0 unspecified atom stereocenters. The first-order chi connectivity index (χ1) is 5.20. The molecule has 0 radical (unpaired) electrons. The molecule has 0 spiro atoms. The van der Waals surface area contributed by atoms with E-state index in [0.29, 0.717) is 0 Å². The van der Waals surface area contributed by atoms with Gasteiger partial charge in [0.05, 0.1) is 0 Å². The third-order valence-electron chi connectivity index (χ3n) is 0. The molecule has 0 bridgehead atoms. The van der Waals surface area contributed by atoms with Crippen LogP contribution in [0.3, 0.4) is 0 Å². The molecule has 4 N–H and O–H groups in total. The van der Waals surface area contributed by atoms with Crippen molar-refractivity contribution in [2.24, 2.45) is 0 Å². The first-order valence-corrected chi connectivity index (χ1v) is 9.13. The number of carbonyl (C=O) groups is 1. The zero-order chi connectivity index (χ0) is 10.7. The molecule has 0 rings (SSSR count). The van der Waals surface area contributed by atoms with Crippen molar-refractivity contribution in [2.45, 2.75) is 26.2 Å². The van der Waals surface area contributed by atoms with E-state index in [0.717, 1.165) is 0 Å². The average Bonchev–Trinajstić information content (AvgIpc) is 1.54. The molecule has 0 aromatic heterocycles. The molecule has 7 heteroatoms. The molecule has 0 aliphatic heterocycles. The molecular formula is C5H18O5Si2. The Hall–Kier alpha value is -0.376. The summed E-state index contributed by atoms with van der Waals surface area (Å²) in [6, 6.07) is 0. The van der Waals surface area contributed by atoms with Crippen molar-refractivity contribution in [3.8, 4) is 0 Å². The Bertz CT molecular complexity index is 80.3. The number of carboxylic acid groups (broad SMARTS) is 2. The van der Waals surface area contributed by atoms with Gasteiger partial charge in [-0.1, -0.05) is 0 Å². The third-order valence-corrected chi connectivity index (χ3v) is 0. The summed E-state index contributed by atoms with van der Waals surface area (Å²) in [6.07, 6.45) is -1.83. The van der Waals surface area contributed by atoms with E-state index in [1.807, 2.05) is 26.2 Å². The maximum atomic E-state index is 8.56.